The monoisotopic (exact) mass is 281 g/mol. The summed E-state index contributed by atoms with van der Waals surface area (Å²) >= 11 is 0. The highest BCUT2D eigenvalue weighted by molar-refractivity contribution is 5.55. The first-order valence-electron chi connectivity index (χ1n) is 6.59. The minimum Gasteiger partial charge on any atom is -0.508 e. The molecule has 106 valence electrons. The summed E-state index contributed by atoms with van der Waals surface area (Å²) in [4.78, 5) is 0. The molecule has 6 nitrogen and oxygen atoms in total. The van der Waals surface area contributed by atoms with Crippen LogP contribution in [0.25, 0.3) is 5.69 Å². The first kappa shape index (κ1) is 13.1. The summed E-state index contributed by atoms with van der Waals surface area (Å²) in [5, 5.41) is 24.3. The second-order valence-corrected chi connectivity index (χ2v) is 4.74. The Morgan fingerprint density at radius 3 is 2.81 bits per heavy atom. The van der Waals surface area contributed by atoms with Crippen LogP contribution in [0.1, 0.15) is 11.1 Å². The van der Waals surface area contributed by atoms with Crippen molar-refractivity contribution in [2.45, 2.75) is 13.5 Å². The van der Waals surface area contributed by atoms with Gasteiger partial charge in [0.2, 0.25) is 0 Å². The highest BCUT2D eigenvalue weighted by Gasteiger charge is 2.05. The molecule has 0 unspecified atom stereocenters. The fourth-order valence-corrected chi connectivity index (χ4v) is 2.10. The number of aromatic hydroxyl groups is 1. The zero-order valence-electron chi connectivity index (χ0n) is 11.6. The van der Waals surface area contributed by atoms with E-state index in [9.17, 15) is 5.11 Å². The lowest BCUT2D eigenvalue weighted by Crippen LogP contribution is -2.03. The summed E-state index contributed by atoms with van der Waals surface area (Å²) in [5.74, 6) is 0.290. The number of hydrogen-bond donors (Lipinski definition) is 2. The molecular weight excluding hydrogens is 266 g/mol. The van der Waals surface area contributed by atoms with Crippen molar-refractivity contribution in [1.82, 2.24) is 20.2 Å². The van der Waals surface area contributed by atoms with Gasteiger partial charge in [0, 0.05) is 17.8 Å². The molecule has 2 N–H and O–H groups in total. The molecular formula is C15H15N5O. The van der Waals surface area contributed by atoms with Gasteiger partial charge in [-0.3, -0.25) is 0 Å². The number of phenolic OH excluding ortho intramolecular Hbond substituents is 1. The molecule has 2 aromatic carbocycles. The van der Waals surface area contributed by atoms with Crippen LogP contribution >= 0.6 is 0 Å². The van der Waals surface area contributed by atoms with Crippen molar-refractivity contribution in [2.75, 3.05) is 5.32 Å². The van der Waals surface area contributed by atoms with Gasteiger partial charge in [0.25, 0.3) is 0 Å². The number of rotatable bonds is 4. The molecule has 0 amide bonds. The van der Waals surface area contributed by atoms with Crippen molar-refractivity contribution >= 4 is 5.69 Å². The van der Waals surface area contributed by atoms with E-state index in [0.29, 0.717) is 6.54 Å². The Morgan fingerprint density at radius 2 is 2.05 bits per heavy atom. The number of aryl methyl sites for hydroxylation is 1. The number of aromatic nitrogens is 4. The van der Waals surface area contributed by atoms with Gasteiger partial charge >= 0.3 is 0 Å². The molecule has 21 heavy (non-hydrogen) atoms. The number of nitrogens with zero attached hydrogens (tertiary/aromatic N) is 4. The summed E-state index contributed by atoms with van der Waals surface area (Å²) in [6.45, 7) is 2.55. The zero-order valence-corrected chi connectivity index (χ0v) is 11.6. The van der Waals surface area contributed by atoms with Gasteiger partial charge in [-0.15, -0.1) is 5.10 Å². The van der Waals surface area contributed by atoms with Gasteiger partial charge in [-0.05, 0) is 41.1 Å². The zero-order chi connectivity index (χ0) is 14.7. The van der Waals surface area contributed by atoms with Gasteiger partial charge in [0.1, 0.15) is 12.1 Å². The number of benzene rings is 2. The highest BCUT2D eigenvalue weighted by Crippen LogP contribution is 2.21. The molecule has 0 saturated heterocycles. The van der Waals surface area contributed by atoms with Crippen LogP contribution in [0.2, 0.25) is 0 Å². The van der Waals surface area contributed by atoms with Crippen molar-refractivity contribution in [2.24, 2.45) is 0 Å². The van der Waals surface area contributed by atoms with E-state index in [4.69, 9.17) is 0 Å². The predicted molar refractivity (Wildman–Crippen MR) is 79.3 cm³/mol. The largest absolute Gasteiger partial charge is 0.508 e. The number of hydrogen-bond acceptors (Lipinski definition) is 5. The number of para-hydroxylation sites is 1. The molecule has 0 radical (unpaired) electrons. The molecule has 6 heteroatoms. The standard InChI is InChI=1S/C15H15N5O/c1-11-6-7-13(8-14(11)20-10-17-18-19-20)16-9-12-4-2-3-5-15(12)21/h2-8,10,16,21H,9H2,1H3. The molecule has 0 saturated carbocycles. The van der Waals surface area contributed by atoms with Crippen molar-refractivity contribution in [1.29, 1.82) is 0 Å². The first-order valence-corrected chi connectivity index (χ1v) is 6.59. The van der Waals surface area contributed by atoms with Crippen LogP contribution in [0, 0.1) is 6.92 Å². The minimum absolute atomic E-state index is 0.290. The van der Waals surface area contributed by atoms with Gasteiger partial charge < -0.3 is 10.4 Å². The van der Waals surface area contributed by atoms with Gasteiger partial charge in [-0.1, -0.05) is 24.3 Å². The van der Waals surface area contributed by atoms with Crippen LogP contribution in [0.3, 0.4) is 0 Å². The van der Waals surface area contributed by atoms with Gasteiger partial charge in [-0.25, -0.2) is 4.68 Å². The van der Waals surface area contributed by atoms with Gasteiger partial charge in [-0.2, -0.15) is 0 Å². The number of anilines is 1. The second kappa shape index (κ2) is 5.62. The number of tetrazole rings is 1. The third-order valence-electron chi connectivity index (χ3n) is 3.28. The van der Waals surface area contributed by atoms with E-state index in [-0.39, 0.29) is 5.75 Å². The molecule has 0 spiro atoms. The molecule has 0 aliphatic heterocycles. The average Bonchev–Trinajstić information content (AvgIpc) is 3.02. The third-order valence-corrected chi connectivity index (χ3v) is 3.28. The van der Waals surface area contributed by atoms with E-state index in [2.05, 4.69) is 20.8 Å². The van der Waals surface area contributed by atoms with Crippen LogP contribution in [0.5, 0.6) is 5.75 Å². The second-order valence-electron chi connectivity index (χ2n) is 4.74. The summed E-state index contributed by atoms with van der Waals surface area (Å²) in [7, 11) is 0. The van der Waals surface area contributed by atoms with Crippen LogP contribution in [0.4, 0.5) is 5.69 Å². The number of nitrogens with one attached hydrogen (secondary N) is 1. The number of phenols is 1. The van der Waals surface area contributed by atoms with E-state index in [1.54, 1.807) is 23.1 Å². The lowest BCUT2D eigenvalue weighted by Gasteiger charge is -2.11. The lowest BCUT2D eigenvalue weighted by molar-refractivity contribution is 0.469. The lowest BCUT2D eigenvalue weighted by atomic mass is 10.1. The SMILES string of the molecule is Cc1ccc(NCc2ccccc2O)cc1-n1cnnn1. The maximum atomic E-state index is 9.77. The van der Waals surface area contributed by atoms with Crippen molar-refractivity contribution in [3.8, 4) is 11.4 Å². The smallest absolute Gasteiger partial charge is 0.143 e. The molecule has 1 aromatic heterocycles. The third kappa shape index (κ3) is 2.84. The summed E-state index contributed by atoms with van der Waals surface area (Å²) in [6.07, 6.45) is 1.56. The molecule has 1 heterocycles. The van der Waals surface area contributed by atoms with Crippen LogP contribution in [0.15, 0.2) is 48.8 Å². The quantitative estimate of drug-likeness (QED) is 0.767. The minimum atomic E-state index is 0.290. The van der Waals surface area contributed by atoms with E-state index in [0.717, 1.165) is 22.5 Å². The van der Waals surface area contributed by atoms with Crippen molar-refractivity contribution in [3.05, 3.63) is 59.9 Å². The summed E-state index contributed by atoms with van der Waals surface area (Å²) in [5.41, 5.74) is 3.79. The Kier molecular flexibility index (Phi) is 3.51. The fraction of sp³-hybridized carbons (Fsp3) is 0.133. The summed E-state index contributed by atoms with van der Waals surface area (Å²) in [6, 6.07) is 13.2. The Balaban J connectivity index is 1.81. The molecule has 0 aliphatic carbocycles. The molecule has 0 aliphatic rings. The Bertz CT molecular complexity index is 740. The van der Waals surface area contributed by atoms with Crippen LogP contribution in [-0.4, -0.2) is 25.3 Å². The van der Waals surface area contributed by atoms with Crippen LogP contribution in [-0.2, 0) is 6.54 Å². The molecule has 0 bridgehead atoms. The maximum absolute atomic E-state index is 9.77. The normalized spacial score (nSPS) is 10.5. The average molecular weight is 281 g/mol. The topological polar surface area (TPSA) is 75.9 Å². The molecule has 3 aromatic rings. The Morgan fingerprint density at radius 1 is 1.19 bits per heavy atom. The molecule has 3 rings (SSSR count). The first-order chi connectivity index (χ1) is 10.2. The van der Waals surface area contributed by atoms with Crippen LogP contribution < -0.4 is 5.32 Å². The van der Waals surface area contributed by atoms with Gasteiger partial charge in [0.15, 0.2) is 0 Å². The maximum Gasteiger partial charge on any atom is 0.143 e. The van der Waals surface area contributed by atoms with E-state index in [1.165, 1.54) is 0 Å². The Hall–Kier alpha value is -2.89. The van der Waals surface area contributed by atoms with E-state index >= 15 is 0 Å². The highest BCUT2D eigenvalue weighted by atomic mass is 16.3. The van der Waals surface area contributed by atoms with Gasteiger partial charge in [0.05, 0.1) is 5.69 Å². The fourth-order valence-electron chi connectivity index (χ4n) is 2.10. The summed E-state index contributed by atoms with van der Waals surface area (Å²) < 4.78 is 1.63. The van der Waals surface area contributed by atoms with Crippen molar-refractivity contribution < 1.29 is 5.11 Å². The predicted octanol–water partition coefficient (Wildman–Crippen LogP) is 2.29. The van der Waals surface area contributed by atoms with E-state index < -0.39 is 0 Å². The molecule has 0 fully saturated rings. The molecule has 0 atom stereocenters. The van der Waals surface area contributed by atoms with Crippen molar-refractivity contribution in [3.63, 3.8) is 0 Å². The van der Waals surface area contributed by atoms with E-state index in [1.807, 2.05) is 37.3 Å². The Labute approximate surface area is 122 Å².